The first kappa shape index (κ1) is 8.37. The molecule has 0 aromatic heterocycles. The Bertz CT molecular complexity index is 88.9. The first-order valence-corrected chi connectivity index (χ1v) is 3.03. The van der Waals surface area contributed by atoms with Gasteiger partial charge in [0.25, 0.3) is 0 Å². The summed E-state index contributed by atoms with van der Waals surface area (Å²) < 4.78 is 5.00. The average molecular weight is 128 g/mol. The summed E-state index contributed by atoms with van der Waals surface area (Å²) in [7, 11) is 0. The van der Waals surface area contributed by atoms with Crippen LogP contribution in [0.1, 0.15) is 13.3 Å². The van der Waals surface area contributed by atoms with Gasteiger partial charge in [-0.2, -0.15) is 0 Å². The number of rotatable bonds is 5. The molecule has 0 amide bonds. The molecule has 0 aromatic carbocycles. The Morgan fingerprint density at radius 3 is 2.78 bits per heavy atom. The lowest BCUT2D eigenvalue weighted by Crippen LogP contribution is -2.12. The zero-order chi connectivity index (χ0) is 7.11. The van der Waals surface area contributed by atoms with Crippen molar-refractivity contribution in [3.05, 3.63) is 12.7 Å². The molecule has 9 heavy (non-hydrogen) atoms. The number of hydrogen-bond acceptors (Lipinski definition) is 2. The van der Waals surface area contributed by atoms with Crippen LogP contribution in [0.5, 0.6) is 0 Å². The maximum absolute atomic E-state index is 10.1. The van der Waals surface area contributed by atoms with Gasteiger partial charge in [0.2, 0.25) is 0 Å². The third-order valence-corrected chi connectivity index (χ3v) is 0.982. The minimum atomic E-state index is -0.247. The molecular weight excluding hydrogens is 116 g/mol. The maximum Gasteiger partial charge on any atom is 0.148 e. The largest absolute Gasteiger partial charge is 0.367 e. The molecule has 0 bridgehead atoms. The van der Waals surface area contributed by atoms with Crippen LogP contribution in [0, 0.1) is 0 Å². The summed E-state index contributed by atoms with van der Waals surface area (Å²) in [6.07, 6.45) is 2.93. The van der Waals surface area contributed by atoms with Gasteiger partial charge in [-0.05, 0) is 6.42 Å². The van der Waals surface area contributed by atoms with E-state index in [4.69, 9.17) is 4.74 Å². The van der Waals surface area contributed by atoms with Gasteiger partial charge in [0, 0.05) is 0 Å². The van der Waals surface area contributed by atoms with Crippen molar-refractivity contribution in [1.29, 1.82) is 0 Å². The van der Waals surface area contributed by atoms with Crippen molar-refractivity contribution in [3.63, 3.8) is 0 Å². The Labute approximate surface area is 55.5 Å². The van der Waals surface area contributed by atoms with Gasteiger partial charge in [-0.25, -0.2) is 0 Å². The van der Waals surface area contributed by atoms with Crippen molar-refractivity contribution in [3.8, 4) is 0 Å². The summed E-state index contributed by atoms with van der Waals surface area (Å²) in [6, 6.07) is 0. The van der Waals surface area contributed by atoms with Crippen LogP contribution in [0.3, 0.4) is 0 Å². The minimum absolute atomic E-state index is 0.247. The van der Waals surface area contributed by atoms with E-state index in [9.17, 15) is 4.79 Å². The van der Waals surface area contributed by atoms with Crippen LogP contribution in [0.15, 0.2) is 12.7 Å². The monoisotopic (exact) mass is 128 g/mol. The fourth-order valence-corrected chi connectivity index (χ4v) is 0.445. The Morgan fingerprint density at radius 1 is 1.78 bits per heavy atom. The van der Waals surface area contributed by atoms with Crippen molar-refractivity contribution < 1.29 is 9.53 Å². The Morgan fingerprint density at radius 2 is 2.44 bits per heavy atom. The fraction of sp³-hybridized carbons (Fsp3) is 0.571. The first-order chi connectivity index (χ1) is 4.35. The molecule has 52 valence electrons. The molecule has 1 atom stereocenters. The highest BCUT2D eigenvalue weighted by molar-refractivity contribution is 5.55. The van der Waals surface area contributed by atoms with E-state index in [0.717, 1.165) is 12.7 Å². The molecule has 0 aliphatic rings. The fourth-order valence-electron chi connectivity index (χ4n) is 0.445. The predicted molar refractivity (Wildman–Crippen MR) is 36.3 cm³/mol. The van der Waals surface area contributed by atoms with E-state index < -0.39 is 0 Å². The third kappa shape index (κ3) is 3.91. The molecule has 0 aliphatic carbocycles. The minimum Gasteiger partial charge on any atom is -0.367 e. The van der Waals surface area contributed by atoms with Gasteiger partial charge < -0.3 is 9.53 Å². The zero-order valence-electron chi connectivity index (χ0n) is 5.67. The van der Waals surface area contributed by atoms with Gasteiger partial charge in [0.15, 0.2) is 0 Å². The van der Waals surface area contributed by atoms with Crippen LogP contribution in [-0.2, 0) is 9.53 Å². The van der Waals surface area contributed by atoms with E-state index >= 15 is 0 Å². The van der Waals surface area contributed by atoms with Crippen LogP contribution in [0.2, 0.25) is 0 Å². The van der Waals surface area contributed by atoms with Gasteiger partial charge in [0.05, 0.1) is 6.61 Å². The highest BCUT2D eigenvalue weighted by atomic mass is 16.5. The van der Waals surface area contributed by atoms with E-state index in [2.05, 4.69) is 6.58 Å². The molecule has 0 fully saturated rings. The summed E-state index contributed by atoms with van der Waals surface area (Å²) in [4.78, 5) is 10.1. The summed E-state index contributed by atoms with van der Waals surface area (Å²) >= 11 is 0. The number of ether oxygens (including phenoxy) is 1. The highest BCUT2D eigenvalue weighted by Gasteiger charge is 2.00. The second-order valence-electron chi connectivity index (χ2n) is 1.70. The normalized spacial score (nSPS) is 12.6. The first-order valence-electron chi connectivity index (χ1n) is 3.03. The van der Waals surface area contributed by atoms with Crippen molar-refractivity contribution in [2.45, 2.75) is 19.4 Å². The van der Waals surface area contributed by atoms with Gasteiger partial charge >= 0.3 is 0 Å². The van der Waals surface area contributed by atoms with Crippen molar-refractivity contribution in [2.75, 3.05) is 6.61 Å². The van der Waals surface area contributed by atoms with Gasteiger partial charge in [-0.15, -0.1) is 6.58 Å². The van der Waals surface area contributed by atoms with Crippen molar-refractivity contribution >= 4 is 6.29 Å². The average Bonchev–Trinajstić information content (AvgIpc) is 1.91. The smallest absolute Gasteiger partial charge is 0.148 e. The Hall–Kier alpha value is -0.630. The topological polar surface area (TPSA) is 26.3 Å². The van der Waals surface area contributed by atoms with Crippen molar-refractivity contribution in [1.82, 2.24) is 0 Å². The lowest BCUT2D eigenvalue weighted by molar-refractivity contribution is -0.117. The van der Waals surface area contributed by atoms with E-state index in [1.807, 2.05) is 6.92 Å². The molecule has 1 unspecified atom stereocenters. The summed E-state index contributed by atoms with van der Waals surface area (Å²) in [5, 5.41) is 0. The van der Waals surface area contributed by atoms with Crippen LogP contribution in [0.25, 0.3) is 0 Å². The molecule has 2 nitrogen and oxygen atoms in total. The third-order valence-electron chi connectivity index (χ3n) is 0.982. The van der Waals surface area contributed by atoms with E-state index in [-0.39, 0.29) is 6.10 Å². The predicted octanol–water partition coefficient (Wildman–Crippen LogP) is 1.17. The molecule has 0 saturated heterocycles. The molecule has 0 aliphatic heterocycles. The van der Waals surface area contributed by atoms with Gasteiger partial charge in [0.1, 0.15) is 12.4 Å². The summed E-state index contributed by atoms with van der Waals surface area (Å²) in [5.41, 5.74) is 0. The quantitative estimate of drug-likeness (QED) is 0.410. The molecule has 0 heterocycles. The zero-order valence-corrected chi connectivity index (χ0v) is 5.67. The lowest BCUT2D eigenvalue weighted by Gasteiger charge is -2.04. The van der Waals surface area contributed by atoms with Gasteiger partial charge in [-0.1, -0.05) is 13.0 Å². The van der Waals surface area contributed by atoms with Crippen LogP contribution in [0.4, 0.5) is 0 Å². The highest BCUT2D eigenvalue weighted by Crippen LogP contribution is 1.92. The number of carbonyl (C=O) groups excluding carboxylic acids is 1. The lowest BCUT2D eigenvalue weighted by atomic mass is 10.3. The molecule has 0 spiro atoms. The molecule has 0 N–H and O–H groups in total. The maximum atomic E-state index is 10.1. The van der Waals surface area contributed by atoms with E-state index in [0.29, 0.717) is 6.61 Å². The second kappa shape index (κ2) is 5.51. The Kier molecular flexibility index (Phi) is 5.12. The van der Waals surface area contributed by atoms with Crippen molar-refractivity contribution in [2.24, 2.45) is 0 Å². The van der Waals surface area contributed by atoms with Crippen LogP contribution >= 0.6 is 0 Å². The SMILES string of the molecule is C=CCOC(C=O)CC. The molecular formula is C7H12O2. The number of hydrogen-bond donors (Lipinski definition) is 0. The second-order valence-corrected chi connectivity index (χ2v) is 1.70. The van der Waals surface area contributed by atoms with Crippen LogP contribution < -0.4 is 0 Å². The molecule has 0 rings (SSSR count). The Balaban J connectivity index is 3.30. The summed E-state index contributed by atoms with van der Waals surface area (Å²) in [5.74, 6) is 0. The molecule has 0 saturated carbocycles. The molecule has 0 aromatic rings. The molecule has 0 radical (unpaired) electrons. The van der Waals surface area contributed by atoms with Gasteiger partial charge in [-0.3, -0.25) is 0 Å². The van der Waals surface area contributed by atoms with Crippen LogP contribution in [-0.4, -0.2) is 19.0 Å². The number of aldehydes is 1. The standard InChI is InChI=1S/C7H12O2/c1-3-5-9-7(4-2)6-8/h3,6-7H,1,4-5H2,2H3. The van der Waals surface area contributed by atoms with E-state index in [1.54, 1.807) is 6.08 Å². The summed E-state index contributed by atoms with van der Waals surface area (Å²) in [6.45, 7) is 5.82. The number of carbonyl (C=O) groups is 1. The molecule has 2 heteroatoms. The van der Waals surface area contributed by atoms with E-state index in [1.165, 1.54) is 0 Å².